The van der Waals surface area contributed by atoms with Crippen LogP contribution in [0.3, 0.4) is 0 Å². The van der Waals surface area contributed by atoms with Gasteiger partial charge in [0.15, 0.2) is 0 Å². The van der Waals surface area contributed by atoms with Crippen molar-refractivity contribution in [1.82, 2.24) is 4.90 Å². The van der Waals surface area contributed by atoms with E-state index in [9.17, 15) is 4.79 Å². The fourth-order valence-corrected chi connectivity index (χ4v) is 4.50. The van der Waals surface area contributed by atoms with Crippen molar-refractivity contribution in [3.05, 3.63) is 59.1 Å². The highest BCUT2D eigenvalue weighted by atomic mass is 35.5. The number of nitrogens with one attached hydrogen (secondary N) is 1. The van der Waals surface area contributed by atoms with E-state index in [1.165, 1.54) is 0 Å². The number of rotatable bonds is 3. The highest BCUT2D eigenvalue weighted by Crippen LogP contribution is 2.37. The van der Waals surface area contributed by atoms with Gasteiger partial charge in [-0.2, -0.15) is 11.8 Å². The number of hydrogen-bond acceptors (Lipinski definition) is 3. The number of nitrogens with zero attached hydrogens (tertiary/aromatic N) is 1. The summed E-state index contributed by atoms with van der Waals surface area (Å²) in [5.41, 5.74) is 1.84. The van der Waals surface area contributed by atoms with Gasteiger partial charge in [-0.1, -0.05) is 41.9 Å². The van der Waals surface area contributed by atoms with Crippen molar-refractivity contribution in [2.24, 2.45) is 0 Å². The molecule has 1 atom stereocenters. The van der Waals surface area contributed by atoms with Gasteiger partial charge >= 0.3 is 6.03 Å². The molecular formula is C19H21ClN2O2S. The number of methoxy groups -OCH3 is 1. The van der Waals surface area contributed by atoms with Crippen LogP contribution in [0.25, 0.3) is 0 Å². The first-order valence-corrected chi connectivity index (χ1v) is 9.66. The topological polar surface area (TPSA) is 41.6 Å². The highest BCUT2D eigenvalue weighted by molar-refractivity contribution is 7.99. The van der Waals surface area contributed by atoms with Crippen LogP contribution in [-0.2, 0) is 0 Å². The number of ether oxygens (including phenoxy) is 1. The van der Waals surface area contributed by atoms with E-state index >= 15 is 0 Å². The summed E-state index contributed by atoms with van der Waals surface area (Å²) in [5.74, 6) is 1.55. The number of hydrogen-bond donors (Lipinski definition) is 1. The number of anilines is 1. The van der Waals surface area contributed by atoms with Gasteiger partial charge in [-0.05, 0) is 30.2 Å². The Bertz CT molecular complexity index is 741. The van der Waals surface area contributed by atoms with E-state index in [0.29, 0.717) is 29.8 Å². The van der Waals surface area contributed by atoms with Crippen molar-refractivity contribution < 1.29 is 9.53 Å². The molecule has 0 radical (unpaired) electrons. The lowest BCUT2D eigenvalue weighted by atomic mass is 10.1. The summed E-state index contributed by atoms with van der Waals surface area (Å²) >= 11 is 8.19. The number of amides is 2. The van der Waals surface area contributed by atoms with Crippen molar-refractivity contribution in [1.29, 1.82) is 0 Å². The van der Waals surface area contributed by atoms with Crippen LogP contribution in [0.1, 0.15) is 17.2 Å². The lowest BCUT2D eigenvalue weighted by Gasteiger charge is -2.21. The number of thioether (sulfide) groups is 1. The van der Waals surface area contributed by atoms with E-state index in [1.807, 2.05) is 59.1 Å². The third-order valence-electron chi connectivity index (χ3n) is 4.23. The maximum Gasteiger partial charge on any atom is 0.321 e. The minimum Gasteiger partial charge on any atom is -0.495 e. The molecule has 1 heterocycles. The van der Waals surface area contributed by atoms with Gasteiger partial charge in [0.25, 0.3) is 0 Å². The van der Waals surface area contributed by atoms with Crippen LogP contribution in [0.15, 0.2) is 48.5 Å². The monoisotopic (exact) mass is 376 g/mol. The molecule has 25 heavy (non-hydrogen) atoms. The molecule has 6 heteroatoms. The largest absolute Gasteiger partial charge is 0.495 e. The second-order valence-corrected chi connectivity index (χ2v) is 7.50. The Morgan fingerprint density at radius 2 is 1.96 bits per heavy atom. The summed E-state index contributed by atoms with van der Waals surface area (Å²) in [5, 5.41) is 4.07. The molecule has 4 nitrogen and oxygen atoms in total. The lowest BCUT2D eigenvalue weighted by molar-refractivity contribution is 0.215. The maximum atomic E-state index is 12.6. The third-order valence-corrected chi connectivity index (χ3v) is 5.88. The van der Waals surface area contributed by atoms with E-state index in [4.69, 9.17) is 16.3 Å². The summed E-state index contributed by atoms with van der Waals surface area (Å²) in [6.45, 7) is 1.41. The van der Waals surface area contributed by atoms with E-state index in [-0.39, 0.29) is 6.03 Å². The minimum atomic E-state index is -0.0927. The summed E-state index contributed by atoms with van der Waals surface area (Å²) in [4.78, 5) is 14.5. The van der Waals surface area contributed by atoms with Gasteiger partial charge in [0.05, 0.1) is 12.8 Å². The fourth-order valence-electron chi connectivity index (χ4n) is 2.90. The molecule has 2 amide bonds. The molecule has 2 aromatic carbocycles. The molecule has 3 rings (SSSR count). The number of halogens is 1. The first kappa shape index (κ1) is 18.0. The van der Waals surface area contributed by atoms with Crippen LogP contribution < -0.4 is 10.1 Å². The van der Waals surface area contributed by atoms with Gasteiger partial charge < -0.3 is 15.0 Å². The first-order valence-electron chi connectivity index (χ1n) is 8.24. The van der Waals surface area contributed by atoms with Crippen LogP contribution in [0.4, 0.5) is 10.5 Å². The summed E-state index contributed by atoms with van der Waals surface area (Å²) in [6, 6.07) is 15.3. The number of benzene rings is 2. The zero-order chi connectivity index (χ0) is 17.6. The Morgan fingerprint density at radius 1 is 1.20 bits per heavy atom. The molecule has 132 valence electrons. The molecule has 1 N–H and O–H groups in total. The Balaban J connectivity index is 1.65. The smallest absolute Gasteiger partial charge is 0.321 e. The van der Waals surface area contributed by atoms with Gasteiger partial charge in [0.1, 0.15) is 5.75 Å². The van der Waals surface area contributed by atoms with Crippen LogP contribution in [0.5, 0.6) is 5.75 Å². The Hall–Kier alpha value is -1.85. The zero-order valence-corrected chi connectivity index (χ0v) is 15.6. The molecule has 1 aliphatic heterocycles. The number of carbonyl (C=O) groups is 1. The second-order valence-electron chi connectivity index (χ2n) is 5.79. The highest BCUT2D eigenvalue weighted by Gasteiger charge is 2.23. The fraction of sp³-hybridized carbons (Fsp3) is 0.316. The zero-order valence-electron chi connectivity index (χ0n) is 14.1. The van der Waals surface area contributed by atoms with Gasteiger partial charge in [-0.3, -0.25) is 0 Å². The van der Waals surface area contributed by atoms with Gasteiger partial charge in [-0.25, -0.2) is 4.79 Å². The molecule has 0 saturated carbocycles. The van der Waals surface area contributed by atoms with Crippen LogP contribution >= 0.6 is 23.4 Å². The average Bonchev–Trinajstić information content (AvgIpc) is 2.89. The van der Waals surface area contributed by atoms with Gasteiger partial charge in [0.2, 0.25) is 0 Å². The van der Waals surface area contributed by atoms with Crippen molar-refractivity contribution in [3.63, 3.8) is 0 Å². The lowest BCUT2D eigenvalue weighted by Crippen LogP contribution is -2.36. The molecule has 0 bridgehead atoms. The molecule has 0 aliphatic carbocycles. The minimum absolute atomic E-state index is 0.0927. The number of para-hydroxylation sites is 2. The summed E-state index contributed by atoms with van der Waals surface area (Å²) < 4.78 is 5.29. The number of urea groups is 1. The maximum absolute atomic E-state index is 12.6. The Morgan fingerprint density at radius 3 is 2.76 bits per heavy atom. The van der Waals surface area contributed by atoms with E-state index in [2.05, 4.69) is 11.4 Å². The van der Waals surface area contributed by atoms with E-state index < -0.39 is 0 Å². The standard InChI is InChI=1S/C19H21ClN2O2S/c1-24-17-9-5-4-8-16(17)21-19(23)22-11-10-18(25-13-12-22)14-6-2-3-7-15(14)20/h2-9,18H,10-13H2,1H3,(H,21,23)/t18-/m1/s1. The quantitative estimate of drug-likeness (QED) is 0.813. The van der Waals surface area contributed by atoms with Crippen molar-refractivity contribution in [2.45, 2.75) is 11.7 Å². The Kier molecular flexibility index (Phi) is 6.10. The first-order chi connectivity index (χ1) is 12.2. The van der Waals surface area contributed by atoms with Crippen molar-refractivity contribution in [2.75, 3.05) is 31.3 Å². The molecule has 0 unspecified atom stereocenters. The van der Waals surface area contributed by atoms with Crippen LogP contribution in [0, 0.1) is 0 Å². The summed E-state index contributed by atoms with van der Waals surface area (Å²) in [6.07, 6.45) is 0.883. The predicted molar refractivity (Wildman–Crippen MR) is 105 cm³/mol. The van der Waals surface area contributed by atoms with Crippen LogP contribution in [-0.4, -0.2) is 36.9 Å². The SMILES string of the molecule is COc1ccccc1NC(=O)N1CCS[C@@H](c2ccccc2Cl)CC1. The second kappa shape index (κ2) is 8.50. The summed E-state index contributed by atoms with van der Waals surface area (Å²) in [7, 11) is 1.60. The normalized spacial score (nSPS) is 17.7. The molecule has 1 fully saturated rings. The van der Waals surface area contributed by atoms with Crippen molar-refractivity contribution in [3.8, 4) is 5.75 Å². The molecule has 0 aromatic heterocycles. The van der Waals surface area contributed by atoms with E-state index in [1.54, 1.807) is 7.11 Å². The molecule has 1 saturated heterocycles. The number of carbonyl (C=O) groups excluding carboxylic acids is 1. The van der Waals surface area contributed by atoms with Gasteiger partial charge in [0, 0.05) is 29.1 Å². The van der Waals surface area contributed by atoms with Crippen LogP contribution in [0.2, 0.25) is 5.02 Å². The molecule has 2 aromatic rings. The van der Waals surface area contributed by atoms with E-state index in [0.717, 1.165) is 22.8 Å². The van der Waals surface area contributed by atoms with Crippen molar-refractivity contribution >= 4 is 35.1 Å². The molecule has 1 aliphatic rings. The average molecular weight is 377 g/mol. The predicted octanol–water partition coefficient (Wildman–Crippen LogP) is 5.06. The molecule has 0 spiro atoms. The third kappa shape index (κ3) is 4.41. The van der Waals surface area contributed by atoms with Gasteiger partial charge in [-0.15, -0.1) is 0 Å². The Labute approximate surface area is 157 Å². The molecular weight excluding hydrogens is 356 g/mol.